The van der Waals surface area contributed by atoms with Crippen molar-refractivity contribution in [1.82, 2.24) is 20.2 Å². The zero-order valence-corrected chi connectivity index (χ0v) is 13.7. The Bertz CT molecular complexity index is 731. The largest absolute Gasteiger partial charge is 0.332 e. The molecule has 1 atom stereocenters. The van der Waals surface area contributed by atoms with Crippen LogP contribution in [0.3, 0.4) is 0 Å². The minimum atomic E-state index is 0.0291. The summed E-state index contributed by atoms with van der Waals surface area (Å²) in [6.07, 6.45) is 5.30. The molecule has 1 unspecified atom stereocenters. The third kappa shape index (κ3) is 3.04. The Balaban J connectivity index is 1.53. The molecule has 2 aromatic rings. The highest BCUT2D eigenvalue weighted by Gasteiger charge is 2.32. The van der Waals surface area contributed by atoms with Crippen molar-refractivity contribution in [3.63, 3.8) is 0 Å². The van der Waals surface area contributed by atoms with Crippen LogP contribution < -0.4 is 5.32 Å². The Morgan fingerprint density at radius 3 is 3.04 bits per heavy atom. The number of likely N-dealkylation sites (tertiary alicyclic amines) is 1. The molecule has 1 aromatic heterocycles. The fourth-order valence-electron chi connectivity index (χ4n) is 3.62. The first kappa shape index (κ1) is 15.3. The summed E-state index contributed by atoms with van der Waals surface area (Å²) in [5.74, 6) is 0.987. The lowest BCUT2D eigenvalue weighted by molar-refractivity contribution is -0.131. The first-order valence-corrected chi connectivity index (χ1v) is 8.70. The van der Waals surface area contributed by atoms with Gasteiger partial charge >= 0.3 is 0 Å². The van der Waals surface area contributed by atoms with E-state index in [2.05, 4.69) is 10.3 Å². The Morgan fingerprint density at radius 1 is 1.29 bits per heavy atom. The second kappa shape index (κ2) is 6.69. The van der Waals surface area contributed by atoms with Gasteiger partial charge in [-0.3, -0.25) is 4.79 Å². The quantitative estimate of drug-likeness (QED) is 0.939. The van der Waals surface area contributed by atoms with E-state index in [9.17, 15) is 4.79 Å². The first-order valence-electron chi connectivity index (χ1n) is 8.70. The number of carbonyl (C=O) groups excluding carboxylic acids is 1. The van der Waals surface area contributed by atoms with Crippen molar-refractivity contribution >= 4 is 5.91 Å². The fourth-order valence-corrected chi connectivity index (χ4v) is 3.62. The van der Waals surface area contributed by atoms with Crippen molar-refractivity contribution in [3.8, 4) is 0 Å². The summed E-state index contributed by atoms with van der Waals surface area (Å²) in [5, 5.41) is 3.34. The van der Waals surface area contributed by atoms with Crippen LogP contribution in [0.5, 0.6) is 0 Å². The lowest BCUT2D eigenvalue weighted by Gasteiger charge is -2.25. The van der Waals surface area contributed by atoms with Gasteiger partial charge < -0.3 is 10.2 Å². The molecule has 1 N–H and O–H groups in total. The predicted octanol–water partition coefficient (Wildman–Crippen LogP) is 2.03. The lowest BCUT2D eigenvalue weighted by atomic mass is 10.1. The van der Waals surface area contributed by atoms with Gasteiger partial charge in [-0.25, -0.2) is 9.97 Å². The minimum Gasteiger partial charge on any atom is -0.332 e. The zero-order chi connectivity index (χ0) is 16.4. The first-order chi connectivity index (χ1) is 11.8. The summed E-state index contributed by atoms with van der Waals surface area (Å²) in [7, 11) is 0. The molecule has 0 aliphatic carbocycles. The van der Waals surface area contributed by atoms with Gasteiger partial charge in [0.15, 0.2) is 5.82 Å². The van der Waals surface area contributed by atoms with Gasteiger partial charge in [-0.1, -0.05) is 30.3 Å². The summed E-state index contributed by atoms with van der Waals surface area (Å²) < 4.78 is 0. The average molecular weight is 322 g/mol. The number of benzene rings is 1. The highest BCUT2D eigenvalue weighted by Crippen LogP contribution is 2.31. The molecule has 24 heavy (non-hydrogen) atoms. The van der Waals surface area contributed by atoms with E-state index in [0.29, 0.717) is 6.42 Å². The fraction of sp³-hybridized carbons (Fsp3) is 0.421. The molecule has 1 amide bonds. The van der Waals surface area contributed by atoms with Crippen LogP contribution >= 0.6 is 0 Å². The third-order valence-electron chi connectivity index (χ3n) is 4.90. The number of amides is 1. The van der Waals surface area contributed by atoms with Gasteiger partial charge in [-0.15, -0.1) is 0 Å². The highest BCUT2D eigenvalue weighted by molar-refractivity contribution is 5.79. The second-order valence-electron chi connectivity index (χ2n) is 6.53. The topological polar surface area (TPSA) is 58.1 Å². The van der Waals surface area contributed by atoms with Gasteiger partial charge in [-0.2, -0.15) is 0 Å². The highest BCUT2D eigenvalue weighted by atomic mass is 16.2. The van der Waals surface area contributed by atoms with Crippen LogP contribution in [0.2, 0.25) is 0 Å². The molecule has 1 aromatic carbocycles. The van der Waals surface area contributed by atoms with Crippen molar-refractivity contribution in [1.29, 1.82) is 0 Å². The maximum Gasteiger partial charge on any atom is 0.227 e. The number of carbonyl (C=O) groups is 1. The van der Waals surface area contributed by atoms with E-state index in [1.807, 2.05) is 41.4 Å². The number of nitrogens with zero attached hydrogens (tertiary/aromatic N) is 3. The molecule has 1 fully saturated rings. The van der Waals surface area contributed by atoms with Crippen LogP contribution in [-0.4, -0.2) is 33.9 Å². The van der Waals surface area contributed by atoms with Gasteiger partial charge in [0, 0.05) is 43.5 Å². The summed E-state index contributed by atoms with van der Waals surface area (Å²) in [5.41, 5.74) is 3.39. The number of rotatable bonds is 3. The lowest BCUT2D eigenvalue weighted by Crippen LogP contribution is -2.33. The van der Waals surface area contributed by atoms with Gasteiger partial charge in [0.1, 0.15) is 0 Å². The number of aromatic nitrogens is 2. The van der Waals surface area contributed by atoms with Crippen molar-refractivity contribution in [3.05, 3.63) is 59.2 Å². The van der Waals surface area contributed by atoms with Crippen LogP contribution in [0.4, 0.5) is 0 Å². The summed E-state index contributed by atoms with van der Waals surface area (Å²) in [4.78, 5) is 24.1. The van der Waals surface area contributed by atoms with E-state index in [1.54, 1.807) is 0 Å². The van der Waals surface area contributed by atoms with Crippen molar-refractivity contribution in [2.45, 2.75) is 38.3 Å². The van der Waals surface area contributed by atoms with Crippen LogP contribution in [0, 0.1) is 0 Å². The number of hydrogen-bond donors (Lipinski definition) is 1. The Labute approximate surface area is 142 Å². The van der Waals surface area contributed by atoms with Crippen molar-refractivity contribution in [2.75, 3.05) is 13.1 Å². The normalized spacial score (nSPS) is 20.0. The Hall–Kier alpha value is -2.27. The Morgan fingerprint density at radius 2 is 2.17 bits per heavy atom. The molecule has 2 aliphatic rings. The average Bonchev–Trinajstić information content (AvgIpc) is 3.12. The molecule has 0 saturated carbocycles. The van der Waals surface area contributed by atoms with E-state index < -0.39 is 0 Å². The monoisotopic (exact) mass is 322 g/mol. The van der Waals surface area contributed by atoms with E-state index in [4.69, 9.17) is 4.98 Å². The Kier molecular flexibility index (Phi) is 4.26. The summed E-state index contributed by atoms with van der Waals surface area (Å²) >= 11 is 0. The molecule has 3 heterocycles. The van der Waals surface area contributed by atoms with E-state index in [1.165, 1.54) is 5.56 Å². The molecular weight excluding hydrogens is 300 g/mol. The predicted molar refractivity (Wildman–Crippen MR) is 91.3 cm³/mol. The number of nitrogens with one attached hydrogen (secondary N) is 1. The molecule has 1 saturated heterocycles. The molecule has 0 bridgehead atoms. The standard InChI is InChI=1S/C19H22N4O/c24-18(11-14-5-2-1-3-6-14)23-10-4-7-17(23)19-21-13-15-12-20-9-8-16(15)22-19/h1-3,5-6,13,17,20H,4,7-12H2. The van der Waals surface area contributed by atoms with Crippen molar-refractivity contribution < 1.29 is 4.79 Å². The number of hydrogen-bond acceptors (Lipinski definition) is 4. The van der Waals surface area contributed by atoms with E-state index in [-0.39, 0.29) is 11.9 Å². The molecule has 0 radical (unpaired) electrons. The van der Waals surface area contributed by atoms with Crippen LogP contribution in [-0.2, 0) is 24.2 Å². The molecule has 124 valence electrons. The maximum atomic E-state index is 12.7. The van der Waals surface area contributed by atoms with Crippen LogP contribution in [0.15, 0.2) is 36.5 Å². The van der Waals surface area contributed by atoms with Crippen LogP contribution in [0.1, 0.15) is 41.5 Å². The van der Waals surface area contributed by atoms with Gasteiger partial charge in [0.05, 0.1) is 12.5 Å². The minimum absolute atomic E-state index is 0.0291. The maximum absolute atomic E-state index is 12.7. The van der Waals surface area contributed by atoms with E-state index >= 15 is 0 Å². The van der Waals surface area contributed by atoms with Crippen molar-refractivity contribution in [2.24, 2.45) is 0 Å². The van der Waals surface area contributed by atoms with Crippen LogP contribution in [0.25, 0.3) is 0 Å². The smallest absolute Gasteiger partial charge is 0.227 e. The number of fused-ring (bicyclic) bond motifs is 1. The van der Waals surface area contributed by atoms with E-state index in [0.717, 1.165) is 56.0 Å². The SMILES string of the molecule is O=C(Cc1ccccc1)N1CCCC1c1ncc2c(n1)CCNC2. The van der Waals surface area contributed by atoms with Gasteiger partial charge in [-0.05, 0) is 18.4 Å². The molecule has 0 spiro atoms. The molecule has 5 nitrogen and oxygen atoms in total. The second-order valence-corrected chi connectivity index (χ2v) is 6.53. The zero-order valence-electron chi connectivity index (χ0n) is 13.7. The van der Waals surface area contributed by atoms with Gasteiger partial charge in [0.2, 0.25) is 5.91 Å². The third-order valence-corrected chi connectivity index (χ3v) is 4.90. The molecular formula is C19H22N4O. The van der Waals surface area contributed by atoms with Gasteiger partial charge in [0.25, 0.3) is 0 Å². The molecule has 5 heteroatoms. The summed E-state index contributed by atoms with van der Waals surface area (Å²) in [6.45, 7) is 2.61. The summed E-state index contributed by atoms with van der Waals surface area (Å²) in [6, 6.07) is 9.97. The molecule has 2 aliphatic heterocycles. The molecule has 4 rings (SSSR count).